The van der Waals surface area contributed by atoms with Crippen LogP contribution >= 0.6 is 0 Å². The van der Waals surface area contributed by atoms with Crippen LogP contribution in [0.1, 0.15) is 57.6 Å². The maximum atomic E-state index is 12.8. The topological polar surface area (TPSA) is 106 Å². The first kappa shape index (κ1) is 19.2. The van der Waals surface area contributed by atoms with E-state index in [1.807, 2.05) is 13.8 Å². The Morgan fingerprint density at radius 1 is 1.28 bits per heavy atom. The largest absolute Gasteiger partial charge is 0.463 e. The van der Waals surface area contributed by atoms with Gasteiger partial charge < -0.3 is 9.73 Å². The molecule has 8 heteroatoms. The summed E-state index contributed by atoms with van der Waals surface area (Å²) in [6.45, 7) is 3.93. The maximum absolute atomic E-state index is 12.8. The Labute approximate surface area is 168 Å². The summed E-state index contributed by atoms with van der Waals surface area (Å²) in [5.74, 6) is 1.33. The summed E-state index contributed by atoms with van der Waals surface area (Å²) in [5, 5.41) is 7.53. The van der Waals surface area contributed by atoms with Crippen LogP contribution in [0.4, 0.5) is 5.82 Å². The van der Waals surface area contributed by atoms with E-state index in [0.717, 1.165) is 25.7 Å². The predicted octanol–water partition coefficient (Wildman–Crippen LogP) is 3.86. The zero-order valence-electron chi connectivity index (χ0n) is 16.6. The van der Waals surface area contributed by atoms with Crippen LogP contribution in [0.25, 0.3) is 17.4 Å². The number of nitrogens with zero attached hydrogens (tertiary/aromatic N) is 3. The van der Waals surface area contributed by atoms with Gasteiger partial charge in [-0.3, -0.25) is 14.6 Å². The molecule has 0 saturated heterocycles. The van der Waals surface area contributed by atoms with Crippen LogP contribution in [0.15, 0.2) is 39.7 Å². The number of hydrogen-bond donors (Lipinski definition) is 2. The van der Waals surface area contributed by atoms with E-state index >= 15 is 0 Å². The third kappa shape index (κ3) is 4.16. The van der Waals surface area contributed by atoms with Crippen molar-refractivity contribution >= 4 is 11.7 Å². The van der Waals surface area contributed by atoms with Gasteiger partial charge in [-0.15, -0.1) is 0 Å². The fraction of sp³-hybridized carbons (Fsp3) is 0.429. The first-order valence-corrected chi connectivity index (χ1v) is 10.1. The van der Waals surface area contributed by atoms with E-state index in [2.05, 4.69) is 20.4 Å². The number of amides is 1. The average Bonchev–Trinajstić information content (AvgIpc) is 3.38. The first-order valence-electron chi connectivity index (χ1n) is 10.1. The number of aromatic amines is 1. The SMILES string of the molecule is CC(C)c1cc(=O)[nH]c(-n2nc(-c3ccco3)cc2NC(=O)C2CCCCC2)n1. The van der Waals surface area contributed by atoms with Crippen LogP contribution in [0.3, 0.4) is 0 Å². The van der Waals surface area contributed by atoms with E-state index in [4.69, 9.17) is 4.42 Å². The summed E-state index contributed by atoms with van der Waals surface area (Å²) in [6, 6.07) is 6.78. The zero-order chi connectivity index (χ0) is 20.4. The number of furan rings is 1. The molecule has 0 bridgehead atoms. The second kappa shape index (κ2) is 8.06. The predicted molar refractivity (Wildman–Crippen MR) is 109 cm³/mol. The number of carbonyl (C=O) groups is 1. The molecule has 0 aliphatic heterocycles. The van der Waals surface area contributed by atoms with Crippen molar-refractivity contribution in [1.29, 1.82) is 0 Å². The number of nitrogens with one attached hydrogen (secondary N) is 2. The van der Waals surface area contributed by atoms with Gasteiger partial charge in [0.1, 0.15) is 11.5 Å². The third-order valence-electron chi connectivity index (χ3n) is 5.25. The average molecular weight is 395 g/mol. The molecule has 0 spiro atoms. The summed E-state index contributed by atoms with van der Waals surface area (Å²) >= 11 is 0. The van der Waals surface area contributed by atoms with Crippen molar-refractivity contribution in [1.82, 2.24) is 19.7 Å². The standard InChI is InChI=1S/C21H25N5O3/c1-13(2)15-12-19(27)24-21(22-15)26-18(11-16(25-26)17-9-6-10-29-17)23-20(28)14-7-4-3-5-8-14/h6,9-14H,3-5,7-8H2,1-2H3,(H,23,28)(H,22,24,27). The van der Waals surface area contributed by atoms with Crippen molar-refractivity contribution < 1.29 is 9.21 Å². The van der Waals surface area contributed by atoms with Crippen molar-refractivity contribution in [2.75, 3.05) is 5.32 Å². The number of carbonyl (C=O) groups excluding carboxylic acids is 1. The maximum Gasteiger partial charge on any atom is 0.252 e. The van der Waals surface area contributed by atoms with Crippen molar-refractivity contribution in [2.24, 2.45) is 5.92 Å². The molecule has 0 unspecified atom stereocenters. The van der Waals surface area contributed by atoms with Crippen LogP contribution < -0.4 is 10.9 Å². The van der Waals surface area contributed by atoms with Crippen LogP contribution in [0, 0.1) is 5.92 Å². The molecule has 29 heavy (non-hydrogen) atoms. The zero-order valence-corrected chi connectivity index (χ0v) is 16.6. The molecule has 0 radical (unpaired) electrons. The molecule has 3 heterocycles. The molecule has 1 aliphatic rings. The van der Waals surface area contributed by atoms with Gasteiger partial charge in [0, 0.05) is 18.1 Å². The highest BCUT2D eigenvalue weighted by atomic mass is 16.3. The van der Waals surface area contributed by atoms with Gasteiger partial charge in [0.05, 0.1) is 12.0 Å². The molecule has 1 aliphatic carbocycles. The lowest BCUT2D eigenvalue weighted by molar-refractivity contribution is -0.120. The summed E-state index contributed by atoms with van der Waals surface area (Å²) in [4.78, 5) is 32.2. The molecule has 1 fully saturated rings. The fourth-order valence-electron chi connectivity index (χ4n) is 3.63. The summed E-state index contributed by atoms with van der Waals surface area (Å²) in [7, 11) is 0. The minimum atomic E-state index is -0.265. The lowest BCUT2D eigenvalue weighted by Crippen LogP contribution is -2.26. The molecular weight excluding hydrogens is 370 g/mol. The highest BCUT2D eigenvalue weighted by molar-refractivity contribution is 5.92. The summed E-state index contributed by atoms with van der Waals surface area (Å²) in [5.41, 5.74) is 0.938. The van der Waals surface area contributed by atoms with Crippen LogP contribution in [0.5, 0.6) is 0 Å². The van der Waals surface area contributed by atoms with Gasteiger partial charge in [0.2, 0.25) is 11.9 Å². The molecular formula is C21H25N5O3. The Morgan fingerprint density at radius 3 is 2.76 bits per heavy atom. The van der Waals surface area contributed by atoms with E-state index in [0.29, 0.717) is 23.0 Å². The van der Waals surface area contributed by atoms with Gasteiger partial charge in [0.15, 0.2) is 5.76 Å². The summed E-state index contributed by atoms with van der Waals surface area (Å²) in [6.07, 6.45) is 6.66. The Kier molecular flexibility index (Phi) is 5.33. The lowest BCUT2D eigenvalue weighted by atomic mass is 9.89. The molecule has 1 saturated carbocycles. The van der Waals surface area contributed by atoms with Gasteiger partial charge >= 0.3 is 0 Å². The molecule has 2 N–H and O–H groups in total. The molecule has 0 atom stereocenters. The number of anilines is 1. The van der Waals surface area contributed by atoms with Crippen molar-refractivity contribution in [3.05, 3.63) is 46.6 Å². The Hall–Kier alpha value is -3.16. The third-order valence-corrected chi connectivity index (χ3v) is 5.25. The Bertz CT molecular complexity index is 1040. The Balaban J connectivity index is 1.74. The number of aromatic nitrogens is 4. The molecule has 4 rings (SSSR count). The minimum Gasteiger partial charge on any atom is -0.463 e. The normalized spacial score (nSPS) is 15.0. The smallest absolute Gasteiger partial charge is 0.252 e. The number of H-pyrrole nitrogens is 1. The van der Waals surface area contributed by atoms with E-state index < -0.39 is 0 Å². The second-order valence-corrected chi connectivity index (χ2v) is 7.78. The minimum absolute atomic E-state index is 0.00632. The fourth-order valence-corrected chi connectivity index (χ4v) is 3.63. The molecule has 0 aromatic carbocycles. The first-order chi connectivity index (χ1) is 14.0. The second-order valence-electron chi connectivity index (χ2n) is 7.78. The van der Waals surface area contributed by atoms with Crippen molar-refractivity contribution in [2.45, 2.75) is 51.9 Å². The van der Waals surface area contributed by atoms with E-state index in [-0.39, 0.29) is 29.3 Å². The molecule has 8 nitrogen and oxygen atoms in total. The monoisotopic (exact) mass is 395 g/mol. The number of rotatable bonds is 5. The quantitative estimate of drug-likeness (QED) is 0.682. The van der Waals surface area contributed by atoms with Crippen molar-refractivity contribution in [3.8, 4) is 17.4 Å². The highest BCUT2D eigenvalue weighted by Gasteiger charge is 2.24. The molecule has 152 valence electrons. The van der Waals surface area contributed by atoms with Gasteiger partial charge in [-0.2, -0.15) is 9.78 Å². The van der Waals surface area contributed by atoms with Crippen LogP contribution in [-0.4, -0.2) is 25.7 Å². The highest BCUT2D eigenvalue weighted by Crippen LogP contribution is 2.28. The van der Waals surface area contributed by atoms with Gasteiger partial charge in [-0.05, 0) is 30.9 Å². The lowest BCUT2D eigenvalue weighted by Gasteiger charge is -2.20. The van der Waals surface area contributed by atoms with Gasteiger partial charge in [-0.1, -0.05) is 33.1 Å². The number of hydrogen-bond acceptors (Lipinski definition) is 5. The molecule has 3 aromatic heterocycles. The van der Waals surface area contributed by atoms with Crippen molar-refractivity contribution in [3.63, 3.8) is 0 Å². The molecule has 3 aromatic rings. The van der Waals surface area contributed by atoms with E-state index in [9.17, 15) is 9.59 Å². The van der Waals surface area contributed by atoms with E-state index in [1.54, 1.807) is 24.5 Å². The van der Waals surface area contributed by atoms with Gasteiger partial charge in [0.25, 0.3) is 5.56 Å². The molecule has 1 amide bonds. The van der Waals surface area contributed by atoms with Crippen LogP contribution in [0.2, 0.25) is 0 Å². The van der Waals surface area contributed by atoms with Gasteiger partial charge in [-0.25, -0.2) is 4.98 Å². The van der Waals surface area contributed by atoms with Crippen LogP contribution in [-0.2, 0) is 4.79 Å². The van der Waals surface area contributed by atoms with E-state index in [1.165, 1.54) is 17.2 Å². The Morgan fingerprint density at radius 2 is 2.07 bits per heavy atom. The summed E-state index contributed by atoms with van der Waals surface area (Å²) < 4.78 is 6.91.